The topological polar surface area (TPSA) is 102 Å². The second kappa shape index (κ2) is 10.4. The van der Waals surface area contributed by atoms with Gasteiger partial charge in [-0.25, -0.2) is 15.0 Å². The molecule has 0 aliphatic carbocycles. The molecular weight excluding hydrogens is 539 g/mol. The molecule has 0 fully saturated rings. The maximum atomic E-state index is 13.7. The number of rotatable bonds is 6. The monoisotopic (exact) mass is 557 g/mol. The fourth-order valence-corrected chi connectivity index (χ4v) is 6.60. The highest BCUT2D eigenvalue weighted by Crippen LogP contribution is 2.33. The Labute approximate surface area is 228 Å². The summed E-state index contributed by atoms with van der Waals surface area (Å²) in [5.41, 5.74) is 1.45. The molecule has 0 radical (unpaired) electrons. The molecule has 6 rings (SSSR count). The maximum absolute atomic E-state index is 13.7. The predicted molar refractivity (Wildman–Crippen MR) is 148 cm³/mol. The van der Waals surface area contributed by atoms with Crippen molar-refractivity contribution in [1.29, 1.82) is 0 Å². The Morgan fingerprint density at radius 3 is 2.66 bits per heavy atom. The van der Waals surface area contributed by atoms with E-state index in [4.69, 9.17) is 4.42 Å². The van der Waals surface area contributed by atoms with Crippen LogP contribution in [0.2, 0.25) is 0 Å². The molecule has 5 heterocycles. The molecule has 1 N–H and O–H groups in total. The van der Waals surface area contributed by atoms with Gasteiger partial charge in [-0.15, -0.1) is 11.3 Å². The standard InChI is InChI=1S/C27H19N5O3S3/c1-16-22(24(33)31-17-7-3-2-4-8-17)23(19-9-5-14-36-19)32-25(34)20(37-27(32)30-16)15-18-10-11-21(35-18)38-26-28-12-6-13-29-26/h2-15,23H,1H3,(H,31,33)/b20-15+/t23-/m1/s1. The predicted octanol–water partition coefficient (Wildman–Crippen LogP) is 4.47. The second-order valence-electron chi connectivity index (χ2n) is 8.21. The highest BCUT2D eigenvalue weighted by atomic mass is 32.2. The largest absolute Gasteiger partial charge is 0.450 e. The van der Waals surface area contributed by atoms with Gasteiger partial charge in [-0.2, -0.15) is 0 Å². The van der Waals surface area contributed by atoms with E-state index in [2.05, 4.69) is 20.3 Å². The maximum Gasteiger partial charge on any atom is 0.271 e. The Hall–Kier alpha value is -4.06. The number of anilines is 1. The summed E-state index contributed by atoms with van der Waals surface area (Å²) in [6, 6.07) is 17.9. The van der Waals surface area contributed by atoms with E-state index in [1.165, 1.54) is 34.4 Å². The quantitative estimate of drug-likeness (QED) is 0.309. The Kier molecular flexibility index (Phi) is 6.62. The minimum Gasteiger partial charge on any atom is -0.450 e. The summed E-state index contributed by atoms with van der Waals surface area (Å²) in [6.07, 6.45) is 5.04. The van der Waals surface area contributed by atoms with Crippen molar-refractivity contribution in [3.8, 4) is 0 Å². The van der Waals surface area contributed by atoms with Gasteiger partial charge in [-0.1, -0.05) is 35.6 Å². The van der Waals surface area contributed by atoms with Crippen LogP contribution < -0.4 is 20.2 Å². The summed E-state index contributed by atoms with van der Waals surface area (Å²) in [5, 5.41) is 6.07. The minimum atomic E-state index is -0.588. The number of benzene rings is 1. The highest BCUT2D eigenvalue weighted by molar-refractivity contribution is 7.99. The zero-order valence-corrected chi connectivity index (χ0v) is 22.3. The molecule has 0 spiro atoms. The summed E-state index contributed by atoms with van der Waals surface area (Å²) in [5.74, 6) is 0.236. The number of para-hydroxylation sites is 1. The molecule has 1 aromatic carbocycles. The molecule has 8 nitrogen and oxygen atoms in total. The number of aromatic nitrogens is 3. The van der Waals surface area contributed by atoms with Crippen LogP contribution in [0.4, 0.5) is 5.69 Å². The molecule has 4 aromatic heterocycles. The van der Waals surface area contributed by atoms with E-state index in [0.717, 1.165) is 4.88 Å². The fraction of sp³-hybridized carbons (Fsp3) is 0.0741. The number of amides is 1. The molecule has 0 bridgehead atoms. The van der Waals surface area contributed by atoms with Crippen molar-refractivity contribution in [2.24, 2.45) is 4.99 Å². The number of allylic oxidation sites excluding steroid dienone is 1. The molecule has 188 valence electrons. The SMILES string of the molecule is CC1=C(C(=O)Nc2ccccc2)[C@@H](c2cccs2)n2c(s/c(=C/c3ccc(Sc4ncccn4)o3)c2=O)=N1. The smallest absolute Gasteiger partial charge is 0.271 e. The van der Waals surface area contributed by atoms with E-state index in [-0.39, 0.29) is 11.5 Å². The zero-order chi connectivity index (χ0) is 26.1. The van der Waals surface area contributed by atoms with Crippen LogP contribution >= 0.6 is 34.4 Å². The van der Waals surface area contributed by atoms with Crippen LogP contribution in [-0.2, 0) is 4.79 Å². The molecule has 0 saturated carbocycles. The van der Waals surface area contributed by atoms with E-state index in [1.54, 1.807) is 42.1 Å². The van der Waals surface area contributed by atoms with E-state index >= 15 is 0 Å². The first-order valence-electron chi connectivity index (χ1n) is 11.5. The average molecular weight is 558 g/mol. The fourth-order valence-electron chi connectivity index (χ4n) is 4.07. The van der Waals surface area contributed by atoms with Crippen LogP contribution in [0.25, 0.3) is 6.08 Å². The number of nitrogens with one attached hydrogen (secondary N) is 1. The molecule has 5 aromatic rings. The number of nitrogens with zero attached hydrogens (tertiary/aromatic N) is 4. The van der Waals surface area contributed by atoms with Crippen LogP contribution in [-0.4, -0.2) is 20.4 Å². The number of carbonyl (C=O) groups excluding carboxylic acids is 1. The normalized spacial score (nSPS) is 15.3. The first-order valence-corrected chi connectivity index (χ1v) is 14.0. The van der Waals surface area contributed by atoms with Gasteiger partial charge >= 0.3 is 0 Å². The molecule has 38 heavy (non-hydrogen) atoms. The van der Waals surface area contributed by atoms with Crippen molar-refractivity contribution in [3.05, 3.63) is 120 Å². The number of hydrogen-bond donors (Lipinski definition) is 1. The Morgan fingerprint density at radius 2 is 1.89 bits per heavy atom. The lowest BCUT2D eigenvalue weighted by molar-refractivity contribution is -0.113. The van der Waals surface area contributed by atoms with Crippen molar-refractivity contribution >= 4 is 52.1 Å². The van der Waals surface area contributed by atoms with Gasteiger partial charge in [0.1, 0.15) is 11.8 Å². The summed E-state index contributed by atoms with van der Waals surface area (Å²) in [4.78, 5) is 41.7. The van der Waals surface area contributed by atoms with Crippen molar-refractivity contribution in [2.45, 2.75) is 23.2 Å². The number of furan rings is 1. The number of fused-ring (bicyclic) bond motifs is 1. The lowest BCUT2D eigenvalue weighted by atomic mass is 10.0. The summed E-state index contributed by atoms with van der Waals surface area (Å²) >= 11 is 4.06. The van der Waals surface area contributed by atoms with Crippen LogP contribution in [0, 0.1) is 0 Å². The zero-order valence-electron chi connectivity index (χ0n) is 19.9. The molecule has 1 aliphatic rings. The Bertz CT molecular complexity index is 1820. The van der Waals surface area contributed by atoms with Crippen LogP contribution in [0.5, 0.6) is 0 Å². The highest BCUT2D eigenvalue weighted by Gasteiger charge is 2.33. The van der Waals surface area contributed by atoms with Crippen molar-refractivity contribution in [2.75, 3.05) is 5.32 Å². The van der Waals surface area contributed by atoms with E-state index in [9.17, 15) is 9.59 Å². The summed E-state index contributed by atoms with van der Waals surface area (Å²) < 4.78 is 7.97. The third kappa shape index (κ3) is 4.78. The van der Waals surface area contributed by atoms with Gasteiger partial charge in [0.15, 0.2) is 15.1 Å². The molecule has 0 unspecified atom stereocenters. The Morgan fingerprint density at radius 1 is 1.08 bits per heavy atom. The van der Waals surface area contributed by atoms with Gasteiger partial charge in [-0.05, 0) is 60.5 Å². The number of thiazole rings is 1. The number of thiophene rings is 1. The first-order chi connectivity index (χ1) is 18.6. The van der Waals surface area contributed by atoms with Crippen molar-refractivity contribution < 1.29 is 9.21 Å². The van der Waals surface area contributed by atoms with Gasteiger partial charge in [-0.3, -0.25) is 14.2 Å². The molecule has 11 heteroatoms. The van der Waals surface area contributed by atoms with Gasteiger partial charge < -0.3 is 9.73 Å². The third-order valence-corrected chi connectivity index (χ3v) is 8.44. The minimum absolute atomic E-state index is 0.235. The molecule has 0 saturated heterocycles. The van der Waals surface area contributed by atoms with E-state index in [0.29, 0.717) is 42.3 Å². The number of carbonyl (C=O) groups is 1. The van der Waals surface area contributed by atoms with E-state index < -0.39 is 6.04 Å². The van der Waals surface area contributed by atoms with Gasteiger partial charge in [0.05, 0.1) is 15.8 Å². The Balaban J connectivity index is 1.39. The van der Waals surface area contributed by atoms with Crippen LogP contribution in [0.1, 0.15) is 23.6 Å². The molecular formula is C27H19N5O3S3. The van der Waals surface area contributed by atoms with Crippen LogP contribution in [0.3, 0.4) is 0 Å². The number of hydrogen-bond acceptors (Lipinski definition) is 9. The molecule has 1 amide bonds. The van der Waals surface area contributed by atoms with Crippen molar-refractivity contribution in [1.82, 2.24) is 14.5 Å². The van der Waals surface area contributed by atoms with Crippen LogP contribution in [0.15, 0.2) is 114 Å². The van der Waals surface area contributed by atoms with Gasteiger partial charge in [0, 0.05) is 29.0 Å². The average Bonchev–Trinajstić information content (AvgIpc) is 3.67. The summed E-state index contributed by atoms with van der Waals surface area (Å²) in [6.45, 7) is 1.80. The van der Waals surface area contributed by atoms with E-state index in [1.807, 2.05) is 53.9 Å². The lowest BCUT2D eigenvalue weighted by Crippen LogP contribution is -2.40. The van der Waals surface area contributed by atoms with Gasteiger partial charge in [0.25, 0.3) is 11.5 Å². The first kappa shape index (κ1) is 24.3. The molecule has 1 atom stereocenters. The second-order valence-corrected chi connectivity index (χ2v) is 11.2. The van der Waals surface area contributed by atoms with Crippen molar-refractivity contribution in [3.63, 3.8) is 0 Å². The lowest BCUT2D eigenvalue weighted by Gasteiger charge is -2.24. The van der Waals surface area contributed by atoms with Gasteiger partial charge in [0.2, 0.25) is 0 Å². The molecule has 1 aliphatic heterocycles. The third-order valence-electron chi connectivity index (χ3n) is 5.72. The summed E-state index contributed by atoms with van der Waals surface area (Å²) in [7, 11) is 0.